The number of hydrogen-bond acceptors (Lipinski definition) is 1. The summed E-state index contributed by atoms with van der Waals surface area (Å²) in [5.41, 5.74) is -0.703. The molecule has 2 aliphatic rings. The minimum absolute atomic E-state index is 0.0795. The molecule has 0 aromatic rings. The number of nitrogens with one attached hydrogen (secondary N) is 1. The molecular formula is C11H18FNO. The molecule has 3 heteroatoms. The zero-order valence-electron chi connectivity index (χ0n) is 8.85. The molecular weight excluding hydrogens is 181 g/mol. The maximum Gasteiger partial charge on any atom is 0.229 e. The van der Waals surface area contributed by atoms with E-state index in [-0.39, 0.29) is 5.91 Å². The highest BCUT2D eigenvalue weighted by Crippen LogP contribution is 2.48. The third-order valence-corrected chi connectivity index (χ3v) is 3.68. The molecule has 0 radical (unpaired) electrons. The molecule has 0 aromatic carbocycles. The summed E-state index contributed by atoms with van der Waals surface area (Å²) < 4.78 is 12.9. The minimum atomic E-state index is -0.915. The van der Waals surface area contributed by atoms with Gasteiger partial charge < -0.3 is 5.32 Å². The van der Waals surface area contributed by atoms with Crippen molar-refractivity contribution in [1.82, 2.24) is 5.32 Å². The smallest absolute Gasteiger partial charge is 0.229 e. The number of rotatable bonds is 2. The van der Waals surface area contributed by atoms with Crippen LogP contribution in [-0.4, -0.2) is 18.1 Å². The molecule has 0 heterocycles. The fraction of sp³-hybridized carbons (Fsp3) is 0.909. The number of alkyl halides is 1. The van der Waals surface area contributed by atoms with Crippen LogP contribution in [0.1, 0.15) is 39.5 Å². The molecule has 0 saturated heterocycles. The van der Waals surface area contributed by atoms with Gasteiger partial charge in [0, 0.05) is 6.04 Å². The van der Waals surface area contributed by atoms with Gasteiger partial charge in [0.1, 0.15) is 6.17 Å². The quantitative estimate of drug-likeness (QED) is 0.724. The Hall–Kier alpha value is -0.600. The largest absolute Gasteiger partial charge is 0.353 e. The highest BCUT2D eigenvalue weighted by atomic mass is 19.1. The summed E-state index contributed by atoms with van der Waals surface area (Å²) >= 11 is 0. The van der Waals surface area contributed by atoms with Gasteiger partial charge in [-0.05, 0) is 38.5 Å². The van der Waals surface area contributed by atoms with Crippen molar-refractivity contribution in [1.29, 1.82) is 0 Å². The lowest BCUT2D eigenvalue weighted by molar-refractivity contribution is -0.127. The van der Waals surface area contributed by atoms with Gasteiger partial charge >= 0.3 is 0 Å². The second-order valence-corrected chi connectivity index (χ2v) is 5.18. The van der Waals surface area contributed by atoms with Crippen molar-refractivity contribution < 1.29 is 9.18 Å². The van der Waals surface area contributed by atoms with Crippen LogP contribution in [-0.2, 0) is 4.79 Å². The molecule has 4 unspecified atom stereocenters. The Morgan fingerprint density at radius 1 is 1.50 bits per heavy atom. The van der Waals surface area contributed by atoms with E-state index in [9.17, 15) is 9.18 Å². The van der Waals surface area contributed by atoms with Crippen LogP contribution in [0.5, 0.6) is 0 Å². The molecule has 2 rings (SSSR count). The predicted octanol–water partition coefficient (Wildman–Crippen LogP) is 2.04. The van der Waals surface area contributed by atoms with Crippen molar-refractivity contribution in [2.45, 2.75) is 51.7 Å². The average Bonchev–Trinajstić information content (AvgIpc) is 2.56. The highest BCUT2D eigenvalue weighted by molar-refractivity contribution is 5.86. The molecule has 2 nitrogen and oxygen atoms in total. The molecule has 2 fully saturated rings. The molecule has 2 saturated carbocycles. The summed E-state index contributed by atoms with van der Waals surface area (Å²) in [5, 5.41) is 2.96. The van der Waals surface area contributed by atoms with Crippen LogP contribution < -0.4 is 5.32 Å². The van der Waals surface area contributed by atoms with Gasteiger partial charge in [-0.2, -0.15) is 0 Å². The van der Waals surface area contributed by atoms with Gasteiger partial charge in [-0.15, -0.1) is 0 Å². The van der Waals surface area contributed by atoms with Crippen LogP contribution in [0.4, 0.5) is 4.39 Å². The van der Waals surface area contributed by atoms with Gasteiger partial charge in [0.25, 0.3) is 0 Å². The van der Waals surface area contributed by atoms with Gasteiger partial charge in [0.2, 0.25) is 5.91 Å². The maximum atomic E-state index is 12.9. The van der Waals surface area contributed by atoms with Crippen LogP contribution >= 0.6 is 0 Å². The first-order valence-electron chi connectivity index (χ1n) is 5.47. The van der Waals surface area contributed by atoms with Gasteiger partial charge in [-0.3, -0.25) is 4.79 Å². The first-order chi connectivity index (χ1) is 6.52. The summed E-state index contributed by atoms with van der Waals surface area (Å²) in [6.07, 6.45) is 2.78. The third kappa shape index (κ3) is 1.64. The third-order valence-electron chi connectivity index (χ3n) is 3.68. The van der Waals surface area contributed by atoms with Crippen molar-refractivity contribution in [3.8, 4) is 0 Å². The Bertz CT molecular complexity index is 256. The van der Waals surface area contributed by atoms with Gasteiger partial charge in [0.15, 0.2) is 0 Å². The van der Waals surface area contributed by atoms with E-state index >= 15 is 0 Å². The number of halogens is 1. The average molecular weight is 199 g/mol. The molecule has 0 aromatic heterocycles. The van der Waals surface area contributed by atoms with E-state index in [0.29, 0.717) is 18.4 Å². The summed E-state index contributed by atoms with van der Waals surface area (Å²) in [7, 11) is 0. The first kappa shape index (κ1) is 9.94. The Morgan fingerprint density at radius 2 is 2.14 bits per heavy atom. The van der Waals surface area contributed by atoms with Gasteiger partial charge in [0.05, 0.1) is 5.41 Å². The van der Waals surface area contributed by atoms with Crippen molar-refractivity contribution in [3.63, 3.8) is 0 Å². The summed E-state index contributed by atoms with van der Waals surface area (Å²) in [6, 6.07) is 0.294. The predicted molar refractivity (Wildman–Crippen MR) is 52.6 cm³/mol. The molecule has 0 bridgehead atoms. The van der Waals surface area contributed by atoms with E-state index in [1.165, 1.54) is 6.42 Å². The van der Waals surface area contributed by atoms with Crippen LogP contribution in [0.2, 0.25) is 0 Å². The summed E-state index contributed by atoms with van der Waals surface area (Å²) in [5.74, 6) is 0.623. The van der Waals surface area contributed by atoms with E-state index in [4.69, 9.17) is 0 Å². The Kier molecular flexibility index (Phi) is 2.28. The Morgan fingerprint density at radius 3 is 2.57 bits per heavy atom. The maximum absolute atomic E-state index is 12.9. The highest BCUT2D eigenvalue weighted by Gasteiger charge is 2.57. The Balaban J connectivity index is 1.84. The van der Waals surface area contributed by atoms with E-state index in [0.717, 1.165) is 12.8 Å². The second kappa shape index (κ2) is 3.21. The second-order valence-electron chi connectivity index (χ2n) is 5.18. The van der Waals surface area contributed by atoms with Crippen molar-refractivity contribution in [2.75, 3.05) is 0 Å². The molecule has 14 heavy (non-hydrogen) atoms. The monoisotopic (exact) mass is 199 g/mol. The normalized spacial score (nSPS) is 46.4. The molecule has 80 valence electrons. The molecule has 1 N–H and O–H groups in total. The van der Waals surface area contributed by atoms with Crippen molar-refractivity contribution in [2.24, 2.45) is 11.3 Å². The zero-order valence-corrected chi connectivity index (χ0v) is 8.85. The molecule has 1 amide bonds. The van der Waals surface area contributed by atoms with Crippen LogP contribution in [0, 0.1) is 11.3 Å². The van der Waals surface area contributed by atoms with Crippen LogP contribution in [0.3, 0.4) is 0 Å². The van der Waals surface area contributed by atoms with Crippen molar-refractivity contribution in [3.05, 3.63) is 0 Å². The summed E-state index contributed by atoms with van der Waals surface area (Å²) in [4.78, 5) is 11.6. The SMILES string of the molecule is CC1CCC(NC(=O)C2(C)CC2F)C1. The van der Waals surface area contributed by atoms with Crippen LogP contribution in [0.15, 0.2) is 0 Å². The lowest BCUT2D eigenvalue weighted by Crippen LogP contribution is -2.38. The number of amides is 1. The molecule has 2 aliphatic carbocycles. The van der Waals surface area contributed by atoms with Gasteiger partial charge in [-0.1, -0.05) is 6.92 Å². The number of hydrogen-bond donors (Lipinski definition) is 1. The first-order valence-corrected chi connectivity index (χ1v) is 5.47. The molecule has 0 aliphatic heterocycles. The number of carbonyl (C=O) groups is 1. The lowest BCUT2D eigenvalue weighted by Gasteiger charge is -2.15. The molecule has 4 atom stereocenters. The molecule has 0 spiro atoms. The van der Waals surface area contributed by atoms with Crippen LogP contribution in [0.25, 0.3) is 0 Å². The van der Waals surface area contributed by atoms with E-state index < -0.39 is 11.6 Å². The minimum Gasteiger partial charge on any atom is -0.353 e. The van der Waals surface area contributed by atoms with E-state index in [2.05, 4.69) is 12.2 Å². The van der Waals surface area contributed by atoms with Gasteiger partial charge in [-0.25, -0.2) is 4.39 Å². The zero-order chi connectivity index (χ0) is 10.3. The van der Waals surface area contributed by atoms with E-state index in [1.54, 1.807) is 6.92 Å². The van der Waals surface area contributed by atoms with Crippen molar-refractivity contribution >= 4 is 5.91 Å². The topological polar surface area (TPSA) is 29.1 Å². The Labute approximate surface area is 84.3 Å². The number of carbonyl (C=O) groups excluding carboxylic acids is 1. The van der Waals surface area contributed by atoms with E-state index in [1.807, 2.05) is 0 Å². The standard InChI is InChI=1S/C11H18FNO/c1-7-3-4-8(5-7)13-10(14)11(2)6-9(11)12/h7-9H,3-6H2,1-2H3,(H,13,14). The lowest BCUT2D eigenvalue weighted by atomic mass is 10.1. The fourth-order valence-electron chi connectivity index (χ4n) is 2.24. The summed E-state index contributed by atoms with van der Waals surface area (Å²) in [6.45, 7) is 3.91. The fourth-order valence-corrected chi connectivity index (χ4v) is 2.24.